The van der Waals surface area contributed by atoms with Gasteiger partial charge in [0, 0.05) is 50.7 Å². The first-order chi connectivity index (χ1) is 42.7. The quantitative estimate of drug-likeness (QED) is 0.0381. The average molecular weight is 1260 g/mol. The van der Waals surface area contributed by atoms with E-state index in [1.165, 1.54) is 16.5 Å². The molecule has 0 saturated carbocycles. The highest BCUT2D eigenvalue weighted by atomic mass is 79.9. The van der Waals surface area contributed by atoms with Gasteiger partial charge >= 0.3 is 6.09 Å². The largest absolute Gasteiger partial charge is 0.492 e. The summed E-state index contributed by atoms with van der Waals surface area (Å²) in [5, 5.41) is 14.6. The minimum atomic E-state index is -0.655. The molecule has 460 valence electrons. The fraction of sp³-hybridized carbons (Fsp3) is 0.310. The van der Waals surface area contributed by atoms with E-state index in [2.05, 4.69) is 74.4 Å². The number of carbonyl (C=O) groups excluding carboxylic acids is 3. The maximum absolute atomic E-state index is 14.5. The molecule has 4 N–H and O–H groups in total. The van der Waals surface area contributed by atoms with Gasteiger partial charge in [-0.25, -0.2) is 4.79 Å². The van der Waals surface area contributed by atoms with Crippen LogP contribution in [0.4, 0.5) is 13.6 Å². The molecule has 6 aromatic carbocycles. The van der Waals surface area contributed by atoms with E-state index < -0.39 is 23.6 Å². The summed E-state index contributed by atoms with van der Waals surface area (Å²) in [7, 11) is 0. The number of aromatic nitrogens is 4. The van der Waals surface area contributed by atoms with Crippen LogP contribution in [0, 0.1) is 11.9 Å². The van der Waals surface area contributed by atoms with Crippen LogP contribution >= 0.6 is 15.9 Å². The standard InChI is InChI=1S/C38H43FN4O4.C25H24FN3O.C8H12BrNO/c1-5-31(27-12-7-6-8-13-27)35(29-17-20-33-32(26-29)36(39)41-40-33)28-15-18-30(19-16-28)46-25-24-43(37(45)47-38(2,3)4)23-11-14-34(44)42-21-9-10-22-42;1-2-21(17-6-4-3-5-7-17)24(18-8-11-20(12-9-18)30-15-14-27)19-10-13-23-22(16-19)25(26)29-28-23;9-5-3-4-8(11)10-6-1-2-7-10/h6-8,11-20,26H,5,9-10,21-25H2,1-4H3,(H,40,41);3-13,16H,2,14-15,27H2,1H3,(H,28,29);3-4H,1-2,5-7H2/b14-11+,35-31+;24-21+;4-3+. The molecule has 2 aromatic heterocycles. The van der Waals surface area contributed by atoms with Crippen molar-refractivity contribution in [3.63, 3.8) is 0 Å². The number of nitrogens with one attached hydrogen (secondary N) is 2. The van der Waals surface area contributed by atoms with Crippen LogP contribution in [0.25, 0.3) is 44.1 Å². The second-order valence-electron chi connectivity index (χ2n) is 22.2. The molecule has 2 aliphatic rings. The average Bonchev–Trinajstić information content (AvgIpc) is 3.00. The number of aromatic amines is 2. The summed E-state index contributed by atoms with van der Waals surface area (Å²) >= 11 is 3.23. The first-order valence-corrected chi connectivity index (χ1v) is 31.3. The summed E-state index contributed by atoms with van der Waals surface area (Å²) in [6, 6.07) is 47.6. The molecule has 2 saturated heterocycles. The summed E-state index contributed by atoms with van der Waals surface area (Å²) < 4.78 is 46.0. The van der Waals surface area contributed by atoms with E-state index in [4.69, 9.17) is 19.9 Å². The molecule has 4 heterocycles. The lowest BCUT2D eigenvalue weighted by Gasteiger charge is -2.26. The van der Waals surface area contributed by atoms with E-state index in [0.717, 1.165) is 126 Å². The number of hydrogen-bond acceptors (Lipinski definition) is 9. The van der Waals surface area contributed by atoms with Gasteiger partial charge in [0.05, 0.1) is 28.4 Å². The number of H-pyrrole nitrogens is 2. The summed E-state index contributed by atoms with van der Waals surface area (Å²) in [4.78, 5) is 41.9. The third-order valence-electron chi connectivity index (χ3n) is 14.9. The molecule has 17 heteroatoms. The molecule has 14 nitrogen and oxygen atoms in total. The topological polar surface area (TPSA) is 172 Å². The number of rotatable bonds is 20. The summed E-state index contributed by atoms with van der Waals surface area (Å²) in [5.74, 6) is 0.654. The number of allylic oxidation sites excluding steroid dienone is 3. The zero-order valence-corrected chi connectivity index (χ0v) is 52.5. The van der Waals surface area contributed by atoms with E-state index in [0.29, 0.717) is 40.7 Å². The van der Waals surface area contributed by atoms with Crippen molar-refractivity contribution in [3.8, 4) is 11.5 Å². The maximum Gasteiger partial charge on any atom is 0.410 e. The van der Waals surface area contributed by atoms with Crippen LogP contribution in [0.2, 0.25) is 0 Å². The Morgan fingerprint density at radius 1 is 0.591 bits per heavy atom. The van der Waals surface area contributed by atoms with Gasteiger partial charge in [-0.15, -0.1) is 0 Å². The number of halogens is 3. The Bertz CT molecular complexity index is 3700. The van der Waals surface area contributed by atoms with Crippen LogP contribution in [0.15, 0.2) is 170 Å². The molecular weight excluding hydrogens is 1180 g/mol. The number of hydrogen-bond donors (Lipinski definition) is 3. The summed E-state index contributed by atoms with van der Waals surface area (Å²) in [5.41, 5.74) is 16.5. The minimum absolute atomic E-state index is 0.0373. The fourth-order valence-electron chi connectivity index (χ4n) is 10.6. The molecule has 2 aliphatic heterocycles. The molecule has 0 aliphatic carbocycles. The monoisotopic (exact) mass is 1260 g/mol. The van der Waals surface area contributed by atoms with Crippen LogP contribution in [0.5, 0.6) is 11.5 Å². The highest BCUT2D eigenvalue weighted by molar-refractivity contribution is 9.09. The molecule has 10 rings (SSSR count). The van der Waals surface area contributed by atoms with Crippen molar-refractivity contribution in [2.75, 3.05) is 64.4 Å². The van der Waals surface area contributed by atoms with Crippen molar-refractivity contribution >= 4 is 77.9 Å². The van der Waals surface area contributed by atoms with Gasteiger partial charge in [0.25, 0.3) is 0 Å². The SMILES string of the molecule is CC/C(=C(/c1ccc(OCCN(C/C=C/C(=O)N2CCCC2)C(=O)OC(C)(C)C)cc1)c1ccc2n[nH]c(F)c2c1)c1ccccc1.CC/C(=C(/c1ccc(OCCN)cc1)c1ccc2n[nH]c(F)c2c1)c1ccccc1.O=C(/C=C/CBr)N1CCCC1. The van der Waals surface area contributed by atoms with Gasteiger partial charge in [-0.2, -0.15) is 19.0 Å². The second-order valence-corrected chi connectivity index (χ2v) is 22.8. The van der Waals surface area contributed by atoms with E-state index >= 15 is 0 Å². The fourth-order valence-corrected chi connectivity index (χ4v) is 10.8. The van der Waals surface area contributed by atoms with Crippen molar-refractivity contribution in [1.82, 2.24) is 35.1 Å². The van der Waals surface area contributed by atoms with Crippen molar-refractivity contribution in [2.45, 2.75) is 78.7 Å². The zero-order valence-electron chi connectivity index (χ0n) is 50.9. The molecule has 0 spiro atoms. The molecule has 88 heavy (non-hydrogen) atoms. The Labute approximate surface area is 523 Å². The summed E-state index contributed by atoms with van der Waals surface area (Å²) in [6.07, 6.45) is 12.2. The van der Waals surface area contributed by atoms with Gasteiger partial charge in [0.2, 0.25) is 23.7 Å². The Hall–Kier alpha value is -8.67. The number of nitrogens with two attached hydrogens (primary N) is 1. The number of alkyl halides is 1. The molecule has 0 bridgehead atoms. The predicted octanol–water partition coefficient (Wildman–Crippen LogP) is 14.8. The van der Waals surface area contributed by atoms with Crippen molar-refractivity contribution < 1.29 is 37.4 Å². The number of likely N-dealkylation sites (tertiary alicyclic amines) is 2. The van der Waals surface area contributed by atoms with Crippen LogP contribution in [0.3, 0.4) is 0 Å². The number of ether oxygens (including phenoxy) is 3. The van der Waals surface area contributed by atoms with Gasteiger partial charge < -0.3 is 34.6 Å². The van der Waals surface area contributed by atoms with Gasteiger partial charge in [0.1, 0.15) is 30.3 Å². The summed E-state index contributed by atoms with van der Waals surface area (Å²) in [6.45, 7) is 14.8. The number of benzene rings is 6. The zero-order chi connectivity index (χ0) is 62.4. The maximum atomic E-state index is 14.5. The van der Waals surface area contributed by atoms with Crippen LogP contribution in [-0.2, 0) is 14.3 Å². The normalized spacial score (nSPS) is 13.9. The van der Waals surface area contributed by atoms with Crippen molar-refractivity contribution in [1.29, 1.82) is 0 Å². The predicted molar refractivity (Wildman–Crippen MR) is 352 cm³/mol. The van der Waals surface area contributed by atoms with Crippen LogP contribution in [-0.4, -0.2) is 123 Å². The number of fused-ring (bicyclic) bond motifs is 2. The minimum Gasteiger partial charge on any atom is -0.492 e. The number of carbonyl (C=O) groups is 3. The lowest BCUT2D eigenvalue weighted by molar-refractivity contribution is -0.125. The molecule has 0 unspecified atom stereocenters. The first kappa shape index (κ1) is 65.3. The molecule has 2 fully saturated rings. The second kappa shape index (κ2) is 32.4. The molecular formula is C71H79BrF2N8O6. The third-order valence-corrected chi connectivity index (χ3v) is 15.2. The van der Waals surface area contributed by atoms with Gasteiger partial charge in [-0.05, 0) is 170 Å². The smallest absolute Gasteiger partial charge is 0.410 e. The van der Waals surface area contributed by atoms with E-state index in [1.807, 2.05) is 158 Å². The first-order valence-electron chi connectivity index (χ1n) is 30.1. The Morgan fingerprint density at radius 3 is 1.42 bits per heavy atom. The lowest BCUT2D eigenvalue weighted by atomic mass is 9.88. The highest BCUT2D eigenvalue weighted by Gasteiger charge is 2.23. The Kier molecular flexibility index (Phi) is 24.0. The Balaban J connectivity index is 0.000000206. The molecule has 3 amide bonds. The van der Waals surface area contributed by atoms with Gasteiger partial charge in [-0.3, -0.25) is 19.8 Å². The van der Waals surface area contributed by atoms with E-state index in [1.54, 1.807) is 12.2 Å². The third kappa shape index (κ3) is 18.0. The van der Waals surface area contributed by atoms with Crippen LogP contribution in [0.1, 0.15) is 107 Å². The van der Waals surface area contributed by atoms with E-state index in [-0.39, 0.29) is 31.5 Å². The number of nitrogens with zero attached hydrogens (tertiary/aromatic N) is 5. The lowest BCUT2D eigenvalue weighted by Crippen LogP contribution is -2.39. The molecule has 0 atom stereocenters. The highest BCUT2D eigenvalue weighted by Crippen LogP contribution is 2.38. The van der Waals surface area contributed by atoms with Crippen LogP contribution < -0.4 is 15.2 Å². The number of amides is 3. The van der Waals surface area contributed by atoms with E-state index in [9.17, 15) is 23.2 Å². The van der Waals surface area contributed by atoms with Gasteiger partial charge in [-0.1, -0.05) is 139 Å². The van der Waals surface area contributed by atoms with Crippen molar-refractivity contribution in [3.05, 3.63) is 215 Å². The molecule has 8 aromatic rings. The molecule has 0 radical (unpaired) electrons. The van der Waals surface area contributed by atoms with Gasteiger partial charge in [0.15, 0.2) is 0 Å². The Morgan fingerprint density at radius 2 is 1.01 bits per heavy atom. The van der Waals surface area contributed by atoms with Crippen molar-refractivity contribution in [2.24, 2.45) is 5.73 Å².